The van der Waals surface area contributed by atoms with Gasteiger partial charge in [0.2, 0.25) is 0 Å². The summed E-state index contributed by atoms with van der Waals surface area (Å²) in [4.78, 5) is 28.4. The van der Waals surface area contributed by atoms with Crippen molar-refractivity contribution in [2.75, 3.05) is 0 Å². The molecule has 2 N–H and O–H groups in total. The molecule has 0 spiro atoms. The Morgan fingerprint density at radius 1 is 0.867 bits per heavy atom. The molecule has 0 fully saturated rings. The van der Waals surface area contributed by atoms with Crippen LogP contribution in [0.2, 0.25) is 0 Å². The van der Waals surface area contributed by atoms with Crippen LogP contribution in [-0.2, 0) is 9.78 Å². The molecule has 78 valence electrons. The van der Waals surface area contributed by atoms with Crippen LogP contribution >= 0.6 is 0 Å². The van der Waals surface area contributed by atoms with Gasteiger partial charge in [-0.15, -0.1) is 0 Å². The summed E-state index contributed by atoms with van der Waals surface area (Å²) in [6.07, 6.45) is 0. The van der Waals surface area contributed by atoms with Gasteiger partial charge in [0.25, 0.3) is 0 Å². The Kier molecular flexibility index (Phi) is 5.86. The highest BCUT2D eigenvalue weighted by molar-refractivity contribution is 5.92. The lowest BCUT2D eigenvalue weighted by Crippen LogP contribution is -2.04. The number of carbonyl (C=O) groups excluding carboxylic acids is 2. The predicted molar refractivity (Wildman–Crippen MR) is 51.1 cm³/mol. The van der Waals surface area contributed by atoms with E-state index in [0.717, 1.165) is 0 Å². The van der Waals surface area contributed by atoms with E-state index in [4.69, 9.17) is 10.5 Å². The molecular formula is C8H8MgO6. The molecule has 0 amide bonds. The molecule has 0 bridgehead atoms. The van der Waals surface area contributed by atoms with E-state index in [-0.39, 0.29) is 34.2 Å². The van der Waals surface area contributed by atoms with E-state index < -0.39 is 11.9 Å². The van der Waals surface area contributed by atoms with Crippen LogP contribution in [0.25, 0.3) is 0 Å². The Morgan fingerprint density at radius 3 is 1.33 bits per heavy atom. The molecule has 7 heteroatoms. The molecule has 0 radical (unpaired) electrons. The molecule has 0 atom stereocenters. The van der Waals surface area contributed by atoms with Crippen LogP contribution in [-0.4, -0.2) is 45.5 Å². The van der Waals surface area contributed by atoms with Crippen LogP contribution in [0.3, 0.4) is 0 Å². The molecule has 0 aliphatic carbocycles. The van der Waals surface area contributed by atoms with Gasteiger partial charge in [-0.05, 0) is 24.3 Å². The maximum absolute atomic E-state index is 10.7. The minimum atomic E-state index is -0.936. The average molecular weight is 224 g/mol. The van der Waals surface area contributed by atoms with Crippen LogP contribution in [0.4, 0.5) is 0 Å². The van der Waals surface area contributed by atoms with Crippen LogP contribution in [0.1, 0.15) is 20.7 Å². The van der Waals surface area contributed by atoms with Crippen molar-refractivity contribution in [1.82, 2.24) is 0 Å². The van der Waals surface area contributed by atoms with Gasteiger partial charge >= 0.3 is 35.0 Å². The second kappa shape index (κ2) is 6.35. The Morgan fingerprint density at radius 2 is 1.13 bits per heavy atom. The van der Waals surface area contributed by atoms with E-state index in [1.807, 2.05) is 0 Å². The fourth-order valence-electron chi connectivity index (χ4n) is 0.848. The third-order valence-electron chi connectivity index (χ3n) is 1.52. The molecule has 15 heavy (non-hydrogen) atoms. The van der Waals surface area contributed by atoms with Crippen molar-refractivity contribution in [1.29, 1.82) is 0 Å². The molecule has 0 heterocycles. The van der Waals surface area contributed by atoms with Crippen LogP contribution < -0.4 is 0 Å². The molecule has 6 nitrogen and oxygen atoms in total. The first-order valence-corrected chi connectivity index (χ1v) is 3.50. The zero-order valence-corrected chi connectivity index (χ0v) is 6.84. The van der Waals surface area contributed by atoms with Crippen LogP contribution in [0.5, 0.6) is 0 Å². The second-order valence-corrected chi connectivity index (χ2v) is 2.33. The first kappa shape index (κ1) is 13.8. The Labute approximate surface area is 100 Å². The summed E-state index contributed by atoms with van der Waals surface area (Å²) in [7, 11) is 0. The highest BCUT2D eigenvalue weighted by Gasteiger charge is 2.10. The molecule has 0 saturated carbocycles. The molecule has 0 aliphatic rings. The van der Waals surface area contributed by atoms with Gasteiger partial charge in [-0.25, -0.2) is 9.59 Å². The van der Waals surface area contributed by atoms with Gasteiger partial charge < -0.3 is 0 Å². The topological polar surface area (TPSA) is 93.1 Å². The van der Waals surface area contributed by atoms with E-state index in [1.54, 1.807) is 0 Å². The SMILES string of the molecule is O=C(OO)c1ccc(C(=O)OO)cc1.[MgH2]. The van der Waals surface area contributed by atoms with Crippen molar-refractivity contribution in [3.63, 3.8) is 0 Å². The van der Waals surface area contributed by atoms with Gasteiger partial charge in [0, 0.05) is 0 Å². The number of hydrogen-bond donors (Lipinski definition) is 2. The Balaban J connectivity index is 0.00000196. The maximum Gasteiger partial charge on any atom is 0.372 e. The lowest BCUT2D eigenvalue weighted by atomic mass is 10.1. The largest absolute Gasteiger partial charge is 0.372 e. The third-order valence-corrected chi connectivity index (χ3v) is 1.52. The van der Waals surface area contributed by atoms with Gasteiger partial charge in [0.05, 0.1) is 11.1 Å². The molecule has 0 aromatic heterocycles. The maximum atomic E-state index is 10.7. The summed E-state index contributed by atoms with van der Waals surface area (Å²) in [6, 6.07) is 4.96. The van der Waals surface area contributed by atoms with Crippen molar-refractivity contribution in [2.24, 2.45) is 0 Å². The zero-order chi connectivity index (χ0) is 10.6. The predicted octanol–water partition coefficient (Wildman–Crippen LogP) is 0.0300. The van der Waals surface area contributed by atoms with Crippen molar-refractivity contribution < 1.29 is 29.9 Å². The van der Waals surface area contributed by atoms with E-state index in [9.17, 15) is 9.59 Å². The lowest BCUT2D eigenvalue weighted by molar-refractivity contribution is -0.183. The fourth-order valence-corrected chi connectivity index (χ4v) is 0.848. The Hall–Kier alpha value is -1.15. The first-order chi connectivity index (χ1) is 6.69. The lowest BCUT2D eigenvalue weighted by Gasteiger charge is -1.98. The van der Waals surface area contributed by atoms with E-state index in [2.05, 4.69) is 9.78 Å². The van der Waals surface area contributed by atoms with Crippen molar-refractivity contribution >= 4 is 35.0 Å². The van der Waals surface area contributed by atoms with Gasteiger partial charge in [0.1, 0.15) is 0 Å². The van der Waals surface area contributed by atoms with Gasteiger partial charge in [-0.2, -0.15) is 10.5 Å². The minimum absolute atomic E-state index is 0. The zero-order valence-electron chi connectivity index (χ0n) is 6.84. The summed E-state index contributed by atoms with van der Waals surface area (Å²) in [5, 5.41) is 16.1. The summed E-state index contributed by atoms with van der Waals surface area (Å²) >= 11 is 0. The number of hydrogen-bond acceptors (Lipinski definition) is 6. The summed E-state index contributed by atoms with van der Waals surface area (Å²) in [6.45, 7) is 0. The highest BCUT2D eigenvalue weighted by Crippen LogP contribution is 2.06. The Bertz CT molecular complexity index is 312. The third kappa shape index (κ3) is 3.48. The normalized spacial score (nSPS) is 8.67. The second-order valence-electron chi connectivity index (χ2n) is 2.33. The standard InChI is InChI=1S/C8H6O6.Mg.2H/c9-7(13-11)5-1-2-6(4-3-5)8(10)14-12;;;/h1-4,11-12H;;;. The molecule has 1 rings (SSSR count). The number of benzene rings is 1. The van der Waals surface area contributed by atoms with Gasteiger partial charge in [-0.3, -0.25) is 9.78 Å². The first-order valence-electron chi connectivity index (χ1n) is 3.50. The smallest absolute Gasteiger partial charge is 0.296 e. The van der Waals surface area contributed by atoms with Crippen LogP contribution in [0.15, 0.2) is 24.3 Å². The van der Waals surface area contributed by atoms with Crippen molar-refractivity contribution in [3.05, 3.63) is 35.4 Å². The van der Waals surface area contributed by atoms with Gasteiger partial charge in [-0.1, -0.05) is 0 Å². The van der Waals surface area contributed by atoms with E-state index >= 15 is 0 Å². The molecule has 0 saturated heterocycles. The average Bonchev–Trinajstić information content (AvgIpc) is 2.27. The molecule has 1 aromatic rings. The highest BCUT2D eigenvalue weighted by atomic mass is 24.3. The van der Waals surface area contributed by atoms with E-state index in [1.165, 1.54) is 24.3 Å². The number of carbonyl (C=O) groups is 2. The molecular weight excluding hydrogens is 216 g/mol. The summed E-state index contributed by atoms with van der Waals surface area (Å²) < 4.78 is 0. The molecule has 0 unspecified atom stereocenters. The van der Waals surface area contributed by atoms with Crippen molar-refractivity contribution in [3.8, 4) is 0 Å². The van der Waals surface area contributed by atoms with Crippen molar-refractivity contribution in [2.45, 2.75) is 0 Å². The van der Waals surface area contributed by atoms with Crippen LogP contribution in [0, 0.1) is 0 Å². The van der Waals surface area contributed by atoms with E-state index in [0.29, 0.717) is 0 Å². The summed E-state index contributed by atoms with van der Waals surface area (Å²) in [5.41, 5.74) is 0.143. The number of rotatable bonds is 2. The monoisotopic (exact) mass is 224 g/mol. The fraction of sp³-hybridized carbons (Fsp3) is 0. The quantitative estimate of drug-likeness (QED) is 0.418. The van der Waals surface area contributed by atoms with Gasteiger partial charge in [0.15, 0.2) is 0 Å². The minimum Gasteiger partial charge on any atom is -0.296 e. The summed E-state index contributed by atoms with van der Waals surface area (Å²) in [5.74, 6) is -1.87. The molecule has 1 aromatic carbocycles. The molecule has 0 aliphatic heterocycles.